The summed E-state index contributed by atoms with van der Waals surface area (Å²) in [5.74, 6) is 1.19. The molecule has 0 fully saturated rings. The molecule has 5 nitrogen and oxygen atoms in total. The van der Waals surface area contributed by atoms with Gasteiger partial charge in [-0.3, -0.25) is 4.79 Å². The topological polar surface area (TPSA) is 59.8 Å². The number of nitrogens with zero attached hydrogens (tertiary/aromatic N) is 3. The standard InChI is InChI=1S/C23H21FN4OS2/c1-2-28-21(20-4-3-13-30-20)26-27-23(28)31-15-17-5-9-18(10-6-17)22(29)25-14-16-7-11-19(24)12-8-16/h3-13H,2,14-15H2,1H3,(H,25,29). The minimum absolute atomic E-state index is 0.158. The fourth-order valence-electron chi connectivity index (χ4n) is 3.06. The Labute approximate surface area is 188 Å². The molecule has 0 unspecified atom stereocenters. The zero-order chi connectivity index (χ0) is 21.6. The molecular formula is C23H21FN4OS2. The largest absolute Gasteiger partial charge is 0.348 e. The van der Waals surface area contributed by atoms with Crippen LogP contribution in [0.4, 0.5) is 4.39 Å². The summed E-state index contributed by atoms with van der Waals surface area (Å²) in [6, 6.07) is 17.7. The fourth-order valence-corrected chi connectivity index (χ4v) is 4.73. The van der Waals surface area contributed by atoms with Gasteiger partial charge in [-0.2, -0.15) is 0 Å². The Morgan fingerprint density at radius 3 is 2.48 bits per heavy atom. The molecule has 0 aliphatic carbocycles. The molecule has 0 aliphatic heterocycles. The monoisotopic (exact) mass is 452 g/mol. The number of rotatable bonds is 8. The molecule has 0 bridgehead atoms. The van der Waals surface area contributed by atoms with Gasteiger partial charge >= 0.3 is 0 Å². The van der Waals surface area contributed by atoms with Gasteiger partial charge in [0.15, 0.2) is 11.0 Å². The van der Waals surface area contributed by atoms with Gasteiger partial charge in [0.25, 0.3) is 5.91 Å². The van der Waals surface area contributed by atoms with Gasteiger partial charge in [0.2, 0.25) is 0 Å². The van der Waals surface area contributed by atoms with E-state index in [0.717, 1.165) is 39.3 Å². The molecule has 8 heteroatoms. The number of amides is 1. The summed E-state index contributed by atoms with van der Waals surface area (Å²) in [5, 5.41) is 14.5. The molecule has 0 atom stereocenters. The van der Waals surface area contributed by atoms with Crippen LogP contribution in [0.5, 0.6) is 0 Å². The smallest absolute Gasteiger partial charge is 0.251 e. The number of thioether (sulfide) groups is 1. The maximum atomic E-state index is 13.0. The summed E-state index contributed by atoms with van der Waals surface area (Å²) >= 11 is 3.28. The Bertz CT molecular complexity index is 1140. The average Bonchev–Trinajstić information content (AvgIpc) is 3.47. The highest BCUT2D eigenvalue weighted by molar-refractivity contribution is 7.98. The number of hydrogen-bond donors (Lipinski definition) is 1. The normalized spacial score (nSPS) is 10.9. The Morgan fingerprint density at radius 1 is 1.06 bits per heavy atom. The van der Waals surface area contributed by atoms with Crippen molar-refractivity contribution in [2.24, 2.45) is 0 Å². The quantitative estimate of drug-likeness (QED) is 0.364. The van der Waals surface area contributed by atoms with E-state index in [1.54, 1.807) is 35.2 Å². The molecular weight excluding hydrogens is 431 g/mol. The number of aromatic nitrogens is 3. The van der Waals surface area contributed by atoms with Crippen LogP contribution in [0, 0.1) is 5.82 Å². The number of halogens is 1. The molecule has 0 saturated heterocycles. The van der Waals surface area contributed by atoms with Gasteiger partial charge in [0.1, 0.15) is 5.82 Å². The minimum atomic E-state index is -0.288. The van der Waals surface area contributed by atoms with E-state index in [9.17, 15) is 9.18 Å². The highest BCUT2D eigenvalue weighted by Crippen LogP contribution is 2.28. The maximum Gasteiger partial charge on any atom is 0.251 e. The van der Waals surface area contributed by atoms with Crippen LogP contribution in [0.3, 0.4) is 0 Å². The first-order valence-electron chi connectivity index (χ1n) is 9.85. The molecule has 4 aromatic rings. The van der Waals surface area contributed by atoms with Crippen LogP contribution in [-0.2, 0) is 18.8 Å². The third-order valence-electron chi connectivity index (χ3n) is 4.73. The number of benzene rings is 2. The van der Waals surface area contributed by atoms with E-state index in [1.807, 2.05) is 35.7 Å². The van der Waals surface area contributed by atoms with Gasteiger partial charge in [-0.15, -0.1) is 21.5 Å². The Balaban J connectivity index is 1.34. The summed E-state index contributed by atoms with van der Waals surface area (Å²) in [4.78, 5) is 13.5. The minimum Gasteiger partial charge on any atom is -0.348 e. The highest BCUT2D eigenvalue weighted by Gasteiger charge is 2.14. The Hall–Kier alpha value is -2.97. The van der Waals surface area contributed by atoms with Crippen molar-refractivity contribution in [3.05, 3.63) is 88.6 Å². The molecule has 158 valence electrons. The van der Waals surface area contributed by atoms with E-state index in [0.29, 0.717) is 12.1 Å². The molecule has 1 N–H and O–H groups in total. The second-order valence-electron chi connectivity index (χ2n) is 6.82. The molecule has 0 saturated carbocycles. The van der Waals surface area contributed by atoms with Gasteiger partial charge < -0.3 is 9.88 Å². The van der Waals surface area contributed by atoms with Crippen molar-refractivity contribution in [1.29, 1.82) is 0 Å². The van der Waals surface area contributed by atoms with Crippen LogP contribution in [-0.4, -0.2) is 20.7 Å². The van der Waals surface area contributed by atoms with Crippen molar-refractivity contribution in [1.82, 2.24) is 20.1 Å². The lowest BCUT2D eigenvalue weighted by Crippen LogP contribution is -2.22. The van der Waals surface area contributed by atoms with E-state index in [-0.39, 0.29) is 11.7 Å². The second-order valence-corrected chi connectivity index (χ2v) is 8.71. The lowest BCUT2D eigenvalue weighted by molar-refractivity contribution is 0.0951. The van der Waals surface area contributed by atoms with Crippen LogP contribution in [0.2, 0.25) is 0 Å². The van der Waals surface area contributed by atoms with E-state index in [2.05, 4.69) is 33.1 Å². The first-order chi connectivity index (χ1) is 15.1. The Morgan fingerprint density at radius 2 is 1.81 bits per heavy atom. The molecule has 31 heavy (non-hydrogen) atoms. The summed E-state index contributed by atoms with van der Waals surface area (Å²) in [6.45, 7) is 3.25. The van der Waals surface area contributed by atoms with Crippen molar-refractivity contribution < 1.29 is 9.18 Å². The predicted octanol–water partition coefficient (Wildman–Crippen LogP) is 5.39. The maximum absolute atomic E-state index is 13.0. The molecule has 2 aromatic carbocycles. The van der Waals surface area contributed by atoms with E-state index in [1.165, 1.54) is 12.1 Å². The fraction of sp³-hybridized carbons (Fsp3) is 0.174. The van der Waals surface area contributed by atoms with Gasteiger partial charge in [-0.25, -0.2) is 4.39 Å². The number of carbonyl (C=O) groups excluding carboxylic acids is 1. The average molecular weight is 453 g/mol. The van der Waals surface area contributed by atoms with Crippen molar-refractivity contribution in [3.8, 4) is 10.7 Å². The Kier molecular flexibility index (Phi) is 6.79. The van der Waals surface area contributed by atoms with Crippen LogP contribution in [0.25, 0.3) is 10.7 Å². The molecule has 0 aliphatic rings. The van der Waals surface area contributed by atoms with E-state index >= 15 is 0 Å². The van der Waals surface area contributed by atoms with Crippen LogP contribution in [0.15, 0.2) is 71.2 Å². The SMILES string of the molecule is CCn1c(SCc2ccc(C(=O)NCc3ccc(F)cc3)cc2)nnc1-c1cccs1. The first-order valence-corrected chi connectivity index (χ1v) is 11.7. The molecule has 4 rings (SSSR count). The third-order valence-corrected chi connectivity index (χ3v) is 6.63. The second kappa shape index (κ2) is 9.89. The van der Waals surface area contributed by atoms with Gasteiger partial charge in [0, 0.05) is 24.4 Å². The number of nitrogens with one attached hydrogen (secondary N) is 1. The molecule has 2 heterocycles. The summed E-state index contributed by atoms with van der Waals surface area (Å²) in [7, 11) is 0. The van der Waals surface area contributed by atoms with Crippen LogP contribution < -0.4 is 5.32 Å². The predicted molar refractivity (Wildman–Crippen MR) is 123 cm³/mol. The third kappa shape index (κ3) is 5.21. The number of carbonyl (C=O) groups is 1. The molecule has 2 aromatic heterocycles. The zero-order valence-electron chi connectivity index (χ0n) is 16.9. The molecule has 0 spiro atoms. The summed E-state index contributed by atoms with van der Waals surface area (Å²) in [6.07, 6.45) is 0. The first kappa shape index (κ1) is 21.3. The molecule has 1 amide bonds. The highest BCUT2D eigenvalue weighted by atomic mass is 32.2. The molecule has 0 radical (unpaired) electrons. The van der Waals surface area contributed by atoms with Gasteiger partial charge in [-0.1, -0.05) is 42.1 Å². The summed E-state index contributed by atoms with van der Waals surface area (Å²) in [5.41, 5.74) is 2.54. The van der Waals surface area contributed by atoms with Crippen molar-refractivity contribution in [2.75, 3.05) is 0 Å². The van der Waals surface area contributed by atoms with Gasteiger partial charge in [0.05, 0.1) is 4.88 Å². The van der Waals surface area contributed by atoms with Crippen LogP contribution >= 0.6 is 23.1 Å². The number of hydrogen-bond acceptors (Lipinski definition) is 5. The van der Waals surface area contributed by atoms with E-state index < -0.39 is 0 Å². The van der Waals surface area contributed by atoms with Gasteiger partial charge in [-0.05, 0) is 53.8 Å². The lowest BCUT2D eigenvalue weighted by atomic mass is 10.1. The lowest BCUT2D eigenvalue weighted by Gasteiger charge is -2.08. The summed E-state index contributed by atoms with van der Waals surface area (Å²) < 4.78 is 15.1. The van der Waals surface area contributed by atoms with Crippen LogP contribution in [0.1, 0.15) is 28.4 Å². The van der Waals surface area contributed by atoms with Crippen molar-refractivity contribution in [2.45, 2.75) is 30.9 Å². The van der Waals surface area contributed by atoms with E-state index in [4.69, 9.17) is 0 Å². The van der Waals surface area contributed by atoms with Crippen molar-refractivity contribution in [3.63, 3.8) is 0 Å². The zero-order valence-corrected chi connectivity index (χ0v) is 18.5. The number of thiophene rings is 1. The van der Waals surface area contributed by atoms with Crippen molar-refractivity contribution >= 4 is 29.0 Å².